The van der Waals surface area contributed by atoms with Gasteiger partial charge in [0.05, 0.1) is 16.9 Å². The summed E-state index contributed by atoms with van der Waals surface area (Å²) in [6.45, 7) is -0.0326. The van der Waals surface area contributed by atoms with E-state index in [1.54, 1.807) is 0 Å². The average molecular weight is 494 g/mol. The highest BCUT2D eigenvalue weighted by atomic mass is 32.1. The third-order valence-corrected chi connectivity index (χ3v) is 5.72. The van der Waals surface area contributed by atoms with E-state index in [1.807, 2.05) is 0 Å². The number of primary amides is 1. The van der Waals surface area contributed by atoms with E-state index in [9.17, 15) is 32.9 Å². The zero-order valence-electron chi connectivity index (χ0n) is 16.8. The summed E-state index contributed by atoms with van der Waals surface area (Å²) in [4.78, 5) is 38.0. The fourth-order valence-corrected chi connectivity index (χ4v) is 4.16. The van der Waals surface area contributed by atoms with Crippen molar-refractivity contribution in [1.29, 1.82) is 0 Å². The molecule has 0 aliphatic rings. The maximum absolute atomic E-state index is 13.4. The predicted octanol–water partition coefficient (Wildman–Crippen LogP) is 3.81. The largest absolute Gasteiger partial charge is 0.464 e. The molecule has 0 unspecified atom stereocenters. The summed E-state index contributed by atoms with van der Waals surface area (Å²) in [5.74, 6) is -1.54. The lowest BCUT2D eigenvalue weighted by molar-refractivity contribution is -0.385. The Kier molecular flexibility index (Phi) is 5.78. The topological polar surface area (TPSA) is 159 Å². The van der Waals surface area contributed by atoms with E-state index in [-0.39, 0.29) is 50.8 Å². The highest BCUT2D eigenvalue weighted by Gasteiger charge is 2.35. The Bertz CT molecular complexity index is 1410. The Morgan fingerprint density at radius 2 is 2.12 bits per heavy atom. The third kappa shape index (κ3) is 4.45. The average Bonchev–Trinajstić information content (AvgIpc) is 3.51. The van der Waals surface area contributed by atoms with Gasteiger partial charge in [-0.3, -0.25) is 24.4 Å². The number of aryl methyl sites for hydroxylation is 1. The molecule has 0 fully saturated rings. The molecule has 0 saturated heterocycles. The summed E-state index contributed by atoms with van der Waals surface area (Å²) in [6, 6.07) is 3.65. The summed E-state index contributed by atoms with van der Waals surface area (Å²) in [6.07, 6.45) is -1.56. The number of nitrogens with zero attached hydrogens (tertiary/aromatic N) is 4. The predicted molar refractivity (Wildman–Crippen MR) is 113 cm³/mol. The molecule has 0 bridgehead atoms. The standard InChI is InChI=1S/C19H13F3N6O5S/c20-19(21,22)12-6-10(11-2-1-5-33-11)14-15(16(17(23)30)34-18(14)25-12)26-13(29)3-4-27-8-9(7-24-27)28(31)32/h1-2,5-8H,3-4H2,(H2,23,30)(H,26,29). The lowest BCUT2D eigenvalue weighted by Crippen LogP contribution is -2.18. The van der Waals surface area contributed by atoms with Crippen molar-refractivity contribution in [3.05, 3.63) is 57.5 Å². The normalized spacial score (nSPS) is 11.6. The minimum absolute atomic E-state index is 0.0326. The molecule has 15 heteroatoms. The van der Waals surface area contributed by atoms with Gasteiger partial charge in [0.2, 0.25) is 5.91 Å². The highest BCUT2D eigenvalue weighted by Crippen LogP contribution is 2.43. The number of anilines is 1. The van der Waals surface area contributed by atoms with Gasteiger partial charge in [-0.15, -0.1) is 11.3 Å². The molecule has 0 radical (unpaired) electrons. The molecule has 11 nitrogen and oxygen atoms in total. The number of furan rings is 1. The van der Waals surface area contributed by atoms with Gasteiger partial charge in [-0.05, 0) is 18.2 Å². The van der Waals surface area contributed by atoms with Crippen LogP contribution in [0.5, 0.6) is 0 Å². The fraction of sp³-hybridized carbons (Fsp3) is 0.158. The van der Waals surface area contributed by atoms with Gasteiger partial charge in [0.1, 0.15) is 33.6 Å². The quantitative estimate of drug-likeness (QED) is 0.292. The first-order chi connectivity index (χ1) is 16.0. The van der Waals surface area contributed by atoms with Gasteiger partial charge in [0.25, 0.3) is 5.91 Å². The van der Waals surface area contributed by atoms with Crippen LogP contribution in [0, 0.1) is 10.1 Å². The zero-order chi connectivity index (χ0) is 24.6. The minimum atomic E-state index is -4.78. The van der Waals surface area contributed by atoms with E-state index < -0.39 is 28.6 Å². The number of alkyl halides is 3. The second-order valence-corrected chi connectivity index (χ2v) is 7.90. The van der Waals surface area contributed by atoms with E-state index in [4.69, 9.17) is 10.2 Å². The molecule has 0 saturated carbocycles. The number of nitro groups is 1. The van der Waals surface area contributed by atoms with Crippen LogP contribution in [0.1, 0.15) is 21.8 Å². The van der Waals surface area contributed by atoms with E-state index in [0.717, 1.165) is 18.5 Å². The van der Waals surface area contributed by atoms with Crippen molar-refractivity contribution >= 4 is 44.7 Å². The number of fused-ring (bicyclic) bond motifs is 1. The summed E-state index contributed by atoms with van der Waals surface area (Å²) < 4.78 is 46.7. The van der Waals surface area contributed by atoms with Crippen LogP contribution in [0.4, 0.5) is 24.5 Å². The Hall–Kier alpha value is -4.27. The van der Waals surface area contributed by atoms with Crippen LogP contribution >= 0.6 is 11.3 Å². The van der Waals surface area contributed by atoms with E-state index >= 15 is 0 Å². The van der Waals surface area contributed by atoms with E-state index in [2.05, 4.69) is 15.4 Å². The molecule has 34 heavy (non-hydrogen) atoms. The second-order valence-electron chi connectivity index (χ2n) is 6.90. The first-order valence-electron chi connectivity index (χ1n) is 9.39. The van der Waals surface area contributed by atoms with Crippen LogP contribution in [-0.4, -0.2) is 31.5 Å². The molecule has 4 rings (SSSR count). The number of nitrogens with two attached hydrogens (primary N) is 1. The Balaban J connectivity index is 1.73. The Labute approximate surface area is 191 Å². The van der Waals surface area contributed by atoms with Crippen molar-refractivity contribution in [3.8, 4) is 11.3 Å². The number of amides is 2. The van der Waals surface area contributed by atoms with Crippen LogP contribution in [0.3, 0.4) is 0 Å². The molecule has 4 heterocycles. The van der Waals surface area contributed by atoms with Gasteiger partial charge < -0.3 is 15.5 Å². The number of aromatic nitrogens is 3. The smallest absolute Gasteiger partial charge is 0.433 e. The molecule has 0 spiro atoms. The molecule has 0 aliphatic heterocycles. The number of hydrogen-bond donors (Lipinski definition) is 2. The lowest BCUT2D eigenvalue weighted by atomic mass is 10.1. The molecular formula is C19H13F3N6O5S. The van der Waals surface area contributed by atoms with Gasteiger partial charge in [-0.2, -0.15) is 18.3 Å². The molecule has 0 atom stereocenters. The van der Waals surface area contributed by atoms with Gasteiger partial charge in [0.15, 0.2) is 0 Å². The monoisotopic (exact) mass is 494 g/mol. The molecule has 176 valence electrons. The first-order valence-corrected chi connectivity index (χ1v) is 10.2. The summed E-state index contributed by atoms with van der Waals surface area (Å²) in [5.41, 5.74) is 3.81. The van der Waals surface area contributed by atoms with Crippen molar-refractivity contribution in [3.63, 3.8) is 0 Å². The van der Waals surface area contributed by atoms with Gasteiger partial charge in [-0.25, -0.2) is 4.98 Å². The van der Waals surface area contributed by atoms with Crippen LogP contribution in [0.15, 0.2) is 41.3 Å². The number of rotatable bonds is 7. The molecule has 0 aromatic carbocycles. The van der Waals surface area contributed by atoms with Crippen molar-refractivity contribution < 1.29 is 32.1 Å². The molecule has 3 N–H and O–H groups in total. The number of carbonyl (C=O) groups is 2. The summed E-state index contributed by atoms with van der Waals surface area (Å²) in [5, 5.41) is 17.1. The van der Waals surface area contributed by atoms with Crippen LogP contribution in [-0.2, 0) is 17.5 Å². The second kappa shape index (κ2) is 8.58. The number of pyridine rings is 1. The first kappa shape index (κ1) is 22.9. The van der Waals surface area contributed by atoms with Crippen molar-refractivity contribution in [2.75, 3.05) is 5.32 Å². The maximum atomic E-state index is 13.4. The lowest BCUT2D eigenvalue weighted by Gasteiger charge is -2.11. The third-order valence-electron chi connectivity index (χ3n) is 4.63. The Morgan fingerprint density at radius 3 is 2.71 bits per heavy atom. The molecule has 2 amide bonds. The van der Waals surface area contributed by atoms with E-state index in [1.165, 1.54) is 23.1 Å². The minimum Gasteiger partial charge on any atom is -0.464 e. The summed E-state index contributed by atoms with van der Waals surface area (Å²) >= 11 is 0.602. The van der Waals surface area contributed by atoms with Crippen LogP contribution in [0.25, 0.3) is 21.5 Å². The number of thiophene rings is 1. The van der Waals surface area contributed by atoms with Crippen molar-refractivity contribution in [2.24, 2.45) is 5.73 Å². The zero-order valence-corrected chi connectivity index (χ0v) is 17.6. The van der Waals surface area contributed by atoms with Crippen molar-refractivity contribution in [2.45, 2.75) is 19.1 Å². The maximum Gasteiger partial charge on any atom is 0.433 e. The summed E-state index contributed by atoms with van der Waals surface area (Å²) in [7, 11) is 0. The Morgan fingerprint density at radius 1 is 1.35 bits per heavy atom. The van der Waals surface area contributed by atoms with Gasteiger partial charge in [0, 0.05) is 23.9 Å². The number of halogens is 3. The molecule has 4 aromatic heterocycles. The van der Waals surface area contributed by atoms with Gasteiger partial charge in [-0.1, -0.05) is 0 Å². The molecular weight excluding hydrogens is 481 g/mol. The van der Waals surface area contributed by atoms with E-state index in [0.29, 0.717) is 11.3 Å². The highest BCUT2D eigenvalue weighted by molar-refractivity contribution is 7.21. The molecule has 4 aromatic rings. The van der Waals surface area contributed by atoms with Crippen molar-refractivity contribution in [1.82, 2.24) is 14.8 Å². The molecule has 0 aliphatic carbocycles. The van der Waals surface area contributed by atoms with Crippen LogP contribution in [0.2, 0.25) is 0 Å². The number of carbonyl (C=O) groups excluding carboxylic acids is 2. The number of nitrogens with one attached hydrogen (secondary N) is 1. The number of hydrogen-bond acceptors (Lipinski definition) is 8. The fourth-order valence-electron chi connectivity index (χ4n) is 3.15. The van der Waals surface area contributed by atoms with Crippen LogP contribution < -0.4 is 11.1 Å². The van der Waals surface area contributed by atoms with Gasteiger partial charge >= 0.3 is 11.9 Å². The SMILES string of the molecule is NC(=O)c1sc2nc(C(F)(F)F)cc(-c3ccco3)c2c1NC(=O)CCn1cc([N+](=O)[O-])cn1.